The van der Waals surface area contributed by atoms with E-state index in [9.17, 15) is 4.79 Å². The second-order valence-corrected chi connectivity index (χ2v) is 8.23. The van der Waals surface area contributed by atoms with Crippen LogP contribution in [0.15, 0.2) is 29.3 Å². The fourth-order valence-electron chi connectivity index (χ4n) is 4.62. The number of anilines is 1. The maximum atomic E-state index is 12.6. The Morgan fingerprint density at radius 1 is 1.11 bits per heavy atom. The SMILES string of the molecule is COCCn1cnc2cc(N3CCN(CC4CCCCC4)CC3)ccc2c1=O. The van der Waals surface area contributed by atoms with Gasteiger partial charge in [0.1, 0.15) is 0 Å². The Hall–Kier alpha value is -1.92. The molecule has 0 radical (unpaired) electrons. The van der Waals surface area contributed by atoms with E-state index in [0.29, 0.717) is 18.5 Å². The maximum Gasteiger partial charge on any atom is 0.261 e. The number of nitrogens with zero attached hydrogens (tertiary/aromatic N) is 4. The normalized spacial score (nSPS) is 19.4. The monoisotopic (exact) mass is 384 g/mol. The molecule has 1 aromatic carbocycles. The van der Waals surface area contributed by atoms with E-state index in [1.54, 1.807) is 18.0 Å². The summed E-state index contributed by atoms with van der Waals surface area (Å²) < 4.78 is 6.69. The van der Waals surface area contributed by atoms with Crippen LogP contribution in [0.2, 0.25) is 0 Å². The lowest BCUT2D eigenvalue weighted by atomic mass is 9.89. The van der Waals surface area contributed by atoms with Crippen molar-refractivity contribution in [2.75, 3.05) is 51.3 Å². The second kappa shape index (κ2) is 9.05. The fourth-order valence-corrected chi connectivity index (χ4v) is 4.62. The van der Waals surface area contributed by atoms with Crippen molar-refractivity contribution in [3.63, 3.8) is 0 Å². The van der Waals surface area contributed by atoms with Crippen molar-refractivity contribution in [2.45, 2.75) is 38.6 Å². The highest BCUT2D eigenvalue weighted by atomic mass is 16.5. The zero-order chi connectivity index (χ0) is 19.3. The number of hydrogen-bond acceptors (Lipinski definition) is 5. The minimum absolute atomic E-state index is 0.00546. The van der Waals surface area contributed by atoms with Gasteiger partial charge in [-0.2, -0.15) is 0 Å². The molecule has 2 aliphatic rings. The number of rotatable bonds is 6. The van der Waals surface area contributed by atoms with Crippen LogP contribution in [0.5, 0.6) is 0 Å². The molecule has 0 unspecified atom stereocenters. The molecule has 6 nitrogen and oxygen atoms in total. The van der Waals surface area contributed by atoms with Gasteiger partial charge in [0, 0.05) is 45.5 Å². The molecule has 4 rings (SSSR count). The quantitative estimate of drug-likeness (QED) is 0.767. The number of aromatic nitrogens is 2. The van der Waals surface area contributed by atoms with Crippen molar-refractivity contribution in [1.82, 2.24) is 14.5 Å². The largest absolute Gasteiger partial charge is 0.383 e. The molecule has 2 aromatic rings. The first kappa shape index (κ1) is 19.4. The number of fused-ring (bicyclic) bond motifs is 1. The summed E-state index contributed by atoms with van der Waals surface area (Å²) in [6, 6.07) is 6.06. The van der Waals surface area contributed by atoms with Crippen LogP contribution in [-0.4, -0.2) is 60.9 Å². The smallest absolute Gasteiger partial charge is 0.261 e. The first-order chi connectivity index (χ1) is 13.7. The summed E-state index contributed by atoms with van der Waals surface area (Å²) in [4.78, 5) is 22.2. The molecule has 2 heterocycles. The average molecular weight is 385 g/mol. The van der Waals surface area contributed by atoms with Crippen LogP contribution in [0, 0.1) is 5.92 Å². The molecule has 0 spiro atoms. The van der Waals surface area contributed by atoms with Gasteiger partial charge in [-0.3, -0.25) is 14.3 Å². The number of ether oxygens (including phenoxy) is 1. The van der Waals surface area contributed by atoms with Gasteiger partial charge in [0.2, 0.25) is 0 Å². The summed E-state index contributed by atoms with van der Waals surface area (Å²) in [6.07, 6.45) is 8.73. The van der Waals surface area contributed by atoms with Gasteiger partial charge in [-0.1, -0.05) is 19.3 Å². The van der Waals surface area contributed by atoms with Crippen LogP contribution >= 0.6 is 0 Å². The Morgan fingerprint density at radius 3 is 2.64 bits per heavy atom. The lowest BCUT2D eigenvalue weighted by Gasteiger charge is -2.38. The van der Waals surface area contributed by atoms with Crippen molar-refractivity contribution in [2.24, 2.45) is 5.92 Å². The Labute approximate surface area is 167 Å². The highest BCUT2D eigenvalue weighted by molar-refractivity contribution is 5.81. The molecule has 0 amide bonds. The third-order valence-electron chi connectivity index (χ3n) is 6.32. The van der Waals surface area contributed by atoms with Gasteiger partial charge in [-0.05, 0) is 37.0 Å². The van der Waals surface area contributed by atoms with Gasteiger partial charge < -0.3 is 9.64 Å². The van der Waals surface area contributed by atoms with E-state index >= 15 is 0 Å². The topological polar surface area (TPSA) is 50.6 Å². The van der Waals surface area contributed by atoms with E-state index in [1.165, 1.54) is 44.3 Å². The number of hydrogen-bond donors (Lipinski definition) is 0. The second-order valence-electron chi connectivity index (χ2n) is 8.23. The number of benzene rings is 1. The van der Waals surface area contributed by atoms with Gasteiger partial charge in [-0.15, -0.1) is 0 Å². The predicted molar refractivity (Wildman–Crippen MR) is 113 cm³/mol. The Bertz CT molecular complexity index is 836. The van der Waals surface area contributed by atoms with E-state index in [0.717, 1.165) is 37.6 Å². The Kier molecular flexibility index (Phi) is 6.27. The molecular weight excluding hydrogens is 352 g/mol. The van der Waals surface area contributed by atoms with Crippen LogP contribution in [0.3, 0.4) is 0 Å². The van der Waals surface area contributed by atoms with Gasteiger partial charge >= 0.3 is 0 Å². The average Bonchev–Trinajstić information content (AvgIpc) is 2.74. The summed E-state index contributed by atoms with van der Waals surface area (Å²) in [6.45, 7) is 6.65. The molecule has 1 aromatic heterocycles. The highest BCUT2D eigenvalue weighted by Gasteiger charge is 2.22. The molecule has 152 valence electrons. The zero-order valence-corrected chi connectivity index (χ0v) is 17.0. The molecule has 6 heteroatoms. The third-order valence-corrected chi connectivity index (χ3v) is 6.32. The minimum atomic E-state index is 0.00546. The summed E-state index contributed by atoms with van der Waals surface area (Å²) in [7, 11) is 1.64. The van der Waals surface area contributed by atoms with Crippen LogP contribution in [-0.2, 0) is 11.3 Å². The van der Waals surface area contributed by atoms with Gasteiger partial charge in [-0.25, -0.2) is 4.98 Å². The highest BCUT2D eigenvalue weighted by Crippen LogP contribution is 2.26. The number of piperazine rings is 1. The standard InChI is InChI=1S/C22H32N4O2/c1-28-14-13-26-17-23-21-15-19(7-8-20(21)22(26)27)25-11-9-24(10-12-25)16-18-5-3-2-4-6-18/h7-8,15,17-18H,2-6,9-14,16H2,1H3. The predicted octanol–water partition coefficient (Wildman–Crippen LogP) is 2.75. The van der Waals surface area contributed by atoms with E-state index in [2.05, 4.69) is 26.9 Å². The van der Waals surface area contributed by atoms with Gasteiger partial charge in [0.15, 0.2) is 0 Å². The Balaban J connectivity index is 1.40. The van der Waals surface area contributed by atoms with E-state index in [4.69, 9.17) is 4.74 Å². The van der Waals surface area contributed by atoms with Gasteiger partial charge in [0.25, 0.3) is 5.56 Å². The van der Waals surface area contributed by atoms with Crippen molar-refractivity contribution in [1.29, 1.82) is 0 Å². The maximum absolute atomic E-state index is 12.6. The molecule has 0 N–H and O–H groups in total. The van der Waals surface area contributed by atoms with Crippen LogP contribution in [0.25, 0.3) is 10.9 Å². The first-order valence-electron chi connectivity index (χ1n) is 10.7. The van der Waals surface area contributed by atoms with Crippen molar-refractivity contribution < 1.29 is 4.74 Å². The molecule has 1 saturated carbocycles. The summed E-state index contributed by atoms with van der Waals surface area (Å²) in [5, 5.41) is 0.679. The first-order valence-corrected chi connectivity index (χ1v) is 10.7. The van der Waals surface area contributed by atoms with Crippen molar-refractivity contribution in [3.05, 3.63) is 34.9 Å². The summed E-state index contributed by atoms with van der Waals surface area (Å²) >= 11 is 0. The molecule has 0 bridgehead atoms. The molecule has 0 atom stereocenters. The minimum Gasteiger partial charge on any atom is -0.383 e. The molecular formula is C22H32N4O2. The fraction of sp³-hybridized carbons (Fsp3) is 0.636. The lowest BCUT2D eigenvalue weighted by molar-refractivity contribution is 0.186. The summed E-state index contributed by atoms with van der Waals surface area (Å²) in [5.74, 6) is 0.908. The summed E-state index contributed by atoms with van der Waals surface area (Å²) in [5.41, 5.74) is 1.96. The Morgan fingerprint density at radius 2 is 1.89 bits per heavy atom. The molecule has 28 heavy (non-hydrogen) atoms. The van der Waals surface area contributed by atoms with Crippen LogP contribution < -0.4 is 10.5 Å². The molecule has 1 saturated heterocycles. The zero-order valence-electron chi connectivity index (χ0n) is 17.0. The van der Waals surface area contributed by atoms with Crippen LogP contribution in [0.1, 0.15) is 32.1 Å². The van der Waals surface area contributed by atoms with Crippen LogP contribution in [0.4, 0.5) is 5.69 Å². The molecule has 1 aliphatic heterocycles. The van der Waals surface area contributed by atoms with E-state index < -0.39 is 0 Å². The molecule has 1 aliphatic carbocycles. The van der Waals surface area contributed by atoms with Gasteiger partial charge in [0.05, 0.1) is 30.4 Å². The van der Waals surface area contributed by atoms with E-state index in [-0.39, 0.29) is 5.56 Å². The number of methoxy groups -OCH3 is 1. The third kappa shape index (κ3) is 4.39. The lowest BCUT2D eigenvalue weighted by Crippen LogP contribution is -2.48. The molecule has 2 fully saturated rings. The van der Waals surface area contributed by atoms with E-state index in [1.807, 2.05) is 6.07 Å². The van der Waals surface area contributed by atoms with Crippen molar-refractivity contribution in [3.8, 4) is 0 Å². The van der Waals surface area contributed by atoms with Crippen molar-refractivity contribution >= 4 is 16.6 Å².